The lowest BCUT2D eigenvalue weighted by molar-refractivity contribution is -0.141. The highest BCUT2D eigenvalue weighted by molar-refractivity contribution is 7.91. The molecule has 1 fully saturated rings. The van der Waals surface area contributed by atoms with E-state index in [-0.39, 0.29) is 17.5 Å². The van der Waals surface area contributed by atoms with Gasteiger partial charge in [-0.15, -0.1) is 0 Å². The van der Waals surface area contributed by atoms with E-state index in [2.05, 4.69) is 14.5 Å². The minimum absolute atomic E-state index is 0.184. The molecule has 1 aliphatic heterocycles. The summed E-state index contributed by atoms with van der Waals surface area (Å²) < 4.78 is 27.5. The van der Waals surface area contributed by atoms with Gasteiger partial charge in [-0.3, -0.25) is 9.69 Å². The van der Waals surface area contributed by atoms with Crippen LogP contribution in [0.4, 0.5) is 0 Å². The van der Waals surface area contributed by atoms with Crippen molar-refractivity contribution in [2.45, 2.75) is 13.3 Å². The number of rotatable bonds is 7. The highest BCUT2D eigenvalue weighted by atomic mass is 32.2. The van der Waals surface area contributed by atoms with Gasteiger partial charge in [0.15, 0.2) is 9.84 Å². The van der Waals surface area contributed by atoms with Crippen LogP contribution in [0.25, 0.3) is 0 Å². The molecular formula is C12H24N2O4S. The number of nitrogens with zero attached hydrogens (tertiary/aromatic N) is 2. The first-order valence-corrected chi connectivity index (χ1v) is 8.51. The van der Waals surface area contributed by atoms with Crippen LogP contribution in [0.15, 0.2) is 0 Å². The van der Waals surface area contributed by atoms with Crippen molar-refractivity contribution in [1.82, 2.24) is 9.80 Å². The van der Waals surface area contributed by atoms with Gasteiger partial charge in [-0.05, 0) is 0 Å². The fraction of sp³-hybridized carbons (Fsp3) is 0.917. The van der Waals surface area contributed by atoms with Crippen LogP contribution in [-0.4, -0.2) is 82.1 Å². The van der Waals surface area contributed by atoms with Gasteiger partial charge in [0.2, 0.25) is 0 Å². The molecule has 0 unspecified atom stereocenters. The van der Waals surface area contributed by atoms with Gasteiger partial charge < -0.3 is 9.64 Å². The van der Waals surface area contributed by atoms with Crippen molar-refractivity contribution >= 4 is 15.8 Å². The van der Waals surface area contributed by atoms with Crippen molar-refractivity contribution in [2.75, 3.05) is 57.9 Å². The lowest BCUT2D eigenvalue weighted by atomic mass is 10.3. The summed E-state index contributed by atoms with van der Waals surface area (Å²) in [6.07, 6.45) is 0.417. The smallest absolute Gasteiger partial charge is 0.306 e. The van der Waals surface area contributed by atoms with Crippen molar-refractivity contribution in [2.24, 2.45) is 0 Å². The molecule has 0 aliphatic carbocycles. The van der Waals surface area contributed by atoms with Gasteiger partial charge in [0, 0.05) is 45.0 Å². The lowest BCUT2D eigenvalue weighted by Crippen LogP contribution is -2.48. The second-order valence-corrected chi connectivity index (χ2v) is 7.22. The van der Waals surface area contributed by atoms with E-state index < -0.39 is 9.84 Å². The third-order valence-electron chi connectivity index (χ3n) is 3.48. The second-order valence-electron chi connectivity index (χ2n) is 4.75. The molecule has 0 N–H and O–H groups in total. The van der Waals surface area contributed by atoms with Crippen LogP contribution in [0.5, 0.6) is 0 Å². The van der Waals surface area contributed by atoms with Gasteiger partial charge >= 0.3 is 5.97 Å². The van der Waals surface area contributed by atoms with Crippen LogP contribution in [0.3, 0.4) is 0 Å². The minimum Gasteiger partial charge on any atom is -0.469 e. The SMILES string of the molecule is CCS(=O)(=O)CCN1CCN(CCC(=O)OC)CC1. The topological polar surface area (TPSA) is 66.9 Å². The highest BCUT2D eigenvalue weighted by Gasteiger charge is 2.19. The Morgan fingerprint density at radius 2 is 1.63 bits per heavy atom. The van der Waals surface area contributed by atoms with Crippen molar-refractivity contribution in [3.8, 4) is 0 Å². The molecule has 0 spiro atoms. The average molecular weight is 292 g/mol. The number of hydrogen-bond donors (Lipinski definition) is 0. The molecule has 0 amide bonds. The summed E-state index contributed by atoms with van der Waals surface area (Å²) >= 11 is 0. The van der Waals surface area contributed by atoms with Crippen LogP contribution >= 0.6 is 0 Å². The molecule has 0 aromatic carbocycles. The zero-order chi connectivity index (χ0) is 14.3. The van der Waals surface area contributed by atoms with E-state index in [1.165, 1.54) is 7.11 Å². The molecule has 1 heterocycles. The summed E-state index contributed by atoms with van der Waals surface area (Å²) in [4.78, 5) is 15.4. The quantitative estimate of drug-likeness (QED) is 0.595. The lowest BCUT2D eigenvalue weighted by Gasteiger charge is -2.34. The van der Waals surface area contributed by atoms with E-state index in [9.17, 15) is 13.2 Å². The Balaban J connectivity index is 2.20. The summed E-state index contributed by atoms with van der Waals surface area (Å²) in [7, 11) is -1.48. The van der Waals surface area contributed by atoms with Crippen molar-refractivity contribution in [3.63, 3.8) is 0 Å². The van der Waals surface area contributed by atoms with Crippen molar-refractivity contribution in [1.29, 1.82) is 0 Å². The Labute approximate surface area is 115 Å². The summed E-state index contributed by atoms with van der Waals surface area (Å²) in [5.74, 6) is 0.272. The summed E-state index contributed by atoms with van der Waals surface area (Å²) in [6.45, 7) is 6.49. The molecule has 7 heteroatoms. The number of esters is 1. The monoisotopic (exact) mass is 292 g/mol. The number of piperazine rings is 1. The Kier molecular flexibility index (Phi) is 6.74. The zero-order valence-electron chi connectivity index (χ0n) is 11.8. The Bertz CT molecular complexity index is 375. The highest BCUT2D eigenvalue weighted by Crippen LogP contribution is 2.03. The van der Waals surface area contributed by atoms with Crippen LogP contribution in [0.2, 0.25) is 0 Å². The van der Waals surface area contributed by atoms with E-state index in [0.29, 0.717) is 19.5 Å². The molecule has 19 heavy (non-hydrogen) atoms. The molecule has 1 rings (SSSR count). The molecule has 0 bridgehead atoms. The molecule has 1 aliphatic rings. The second kappa shape index (κ2) is 7.81. The summed E-state index contributed by atoms with van der Waals surface area (Å²) in [5.41, 5.74) is 0. The Morgan fingerprint density at radius 1 is 1.11 bits per heavy atom. The maximum atomic E-state index is 11.4. The first-order valence-electron chi connectivity index (χ1n) is 6.69. The van der Waals surface area contributed by atoms with E-state index in [4.69, 9.17) is 0 Å². The third-order valence-corrected chi connectivity index (χ3v) is 5.17. The molecule has 6 nitrogen and oxygen atoms in total. The number of carbonyl (C=O) groups excluding carboxylic acids is 1. The molecular weight excluding hydrogens is 268 g/mol. The molecule has 0 atom stereocenters. The third kappa shape index (κ3) is 6.35. The average Bonchev–Trinajstić information content (AvgIpc) is 2.43. The number of sulfone groups is 1. The molecule has 0 radical (unpaired) electrons. The van der Waals surface area contributed by atoms with Crippen LogP contribution in [0.1, 0.15) is 13.3 Å². The number of methoxy groups -OCH3 is 1. The van der Waals surface area contributed by atoms with E-state index in [0.717, 1.165) is 26.2 Å². The van der Waals surface area contributed by atoms with Gasteiger partial charge in [0.05, 0.1) is 19.3 Å². The van der Waals surface area contributed by atoms with Crippen LogP contribution < -0.4 is 0 Å². The largest absolute Gasteiger partial charge is 0.469 e. The van der Waals surface area contributed by atoms with Crippen LogP contribution in [-0.2, 0) is 19.4 Å². The van der Waals surface area contributed by atoms with Crippen molar-refractivity contribution < 1.29 is 17.9 Å². The van der Waals surface area contributed by atoms with Crippen molar-refractivity contribution in [3.05, 3.63) is 0 Å². The summed E-state index contributed by atoms with van der Waals surface area (Å²) in [6, 6.07) is 0. The fourth-order valence-corrected chi connectivity index (χ4v) is 2.83. The molecule has 112 valence electrons. The normalized spacial score (nSPS) is 18.4. The molecule has 0 saturated carbocycles. The van der Waals surface area contributed by atoms with Crippen LogP contribution in [0, 0.1) is 0 Å². The maximum Gasteiger partial charge on any atom is 0.306 e. The first kappa shape index (κ1) is 16.4. The number of hydrogen-bond acceptors (Lipinski definition) is 6. The van der Waals surface area contributed by atoms with Gasteiger partial charge in [-0.25, -0.2) is 8.42 Å². The maximum absolute atomic E-state index is 11.4. The van der Waals surface area contributed by atoms with Gasteiger partial charge in [-0.1, -0.05) is 6.92 Å². The molecule has 0 aromatic rings. The van der Waals surface area contributed by atoms with E-state index >= 15 is 0 Å². The van der Waals surface area contributed by atoms with Gasteiger partial charge in [0.25, 0.3) is 0 Å². The number of ether oxygens (including phenoxy) is 1. The fourth-order valence-electron chi connectivity index (χ4n) is 2.00. The van der Waals surface area contributed by atoms with Gasteiger partial charge in [0.1, 0.15) is 0 Å². The zero-order valence-corrected chi connectivity index (χ0v) is 12.6. The van der Waals surface area contributed by atoms with E-state index in [1.54, 1.807) is 6.92 Å². The van der Waals surface area contributed by atoms with E-state index in [1.807, 2.05) is 0 Å². The summed E-state index contributed by atoms with van der Waals surface area (Å²) in [5, 5.41) is 0. The molecule has 1 saturated heterocycles. The first-order chi connectivity index (χ1) is 8.96. The predicted molar refractivity (Wildman–Crippen MR) is 73.8 cm³/mol. The Morgan fingerprint density at radius 3 is 2.11 bits per heavy atom. The van der Waals surface area contributed by atoms with Gasteiger partial charge in [-0.2, -0.15) is 0 Å². The number of carbonyl (C=O) groups is 1. The molecule has 0 aromatic heterocycles. The minimum atomic E-state index is -2.87. The standard InChI is InChI=1S/C12H24N2O4S/c1-3-19(16,17)11-10-14-8-6-13(7-9-14)5-4-12(15)18-2/h3-11H2,1-2H3. The Hall–Kier alpha value is -0.660. The predicted octanol–water partition coefficient (Wildman–Crippen LogP) is -0.398.